The first-order valence-corrected chi connectivity index (χ1v) is 9.61. The average Bonchev–Trinajstić information content (AvgIpc) is 3.27. The summed E-state index contributed by atoms with van der Waals surface area (Å²) in [7, 11) is 1.80. The molecule has 150 valence electrons. The van der Waals surface area contributed by atoms with Crippen LogP contribution in [-0.2, 0) is 16.0 Å². The number of hydrogen-bond acceptors (Lipinski definition) is 4. The molecule has 1 aliphatic rings. The van der Waals surface area contributed by atoms with Crippen LogP contribution in [0.25, 0.3) is 5.69 Å². The number of likely N-dealkylation sites (N-methyl/N-ethyl adjacent to an activating group) is 1. The SMILES string of the molecule is Cc1nn(-c2ccc(C(=O)N(C)C[C@H]3CCCO3)cc2)c(C)c1CCC(=O)O. The molecule has 0 aliphatic carbocycles. The van der Waals surface area contributed by atoms with Gasteiger partial charge in [-0.05, 0) is 62.9 Å². The van der Waals surface area contributed by atoms with Gasteiger partial charge in [0.05, 0.1) is 17.5 Å². The second-order valence-electron chi connectivity index (χ2n) is 7.32. The summed E-state index contributed by atoms with van der Waals surface area (Å²) in [6.45, 7) is 5.20. The molecule has 0 radical (unpaired) electrons. The smallest absolute Gasteiger partial charge is 0.303 e. The summed E-state index contributed by atoms with van der Waals surface area (Å²) < 4.78 is 7.41. The fourth-order valence-electron chi connectivity index (χ4n) is 3.66. The Morgan fingerprint density at radius 2 is 2.00 bits per heavy atom. The number of carboxylic acids is 1. The van der Waals surface area contributed by atoms with Gasteiger partial charge in [-0.15, -0.1) is 0 Å². The highest BCUT2D eigenvalue weighted by atomic mass is 16.5. The maximum atomic E-state index is 12.6. The summed E-state index contributed by atoms with van der Waals surface area (Å²) in [6.07, 6.45) is 2.72. The third kappa shape index (κ3) is 4.42. The number of carboxylic acid groups (broad SMARTS) is 1. The number of hydrogen-bond donors (Lipinski definition) is 1. The van der Waals surface area contributed by atoms with Crippen LogP contribution in [0.4, 0.5) is 0 Å². The van der Waals surface area contributed by atoms with Gasteiger partial charge in [0.15, 0.2) is 0 Å². The molecule has 0 spiro atoms. The molecule has 1 aromatic heterocycles. The van der Waals surface area contributed by atoms with Gasteiger partial charge in [0.1, 0.15) is 0 Å². The number of rotatable bonds is 7. The predicted molar refractivity (Wildman–Crippen MR) is 105 cm³/mol. The molecule has 1 atom stereocenters. The number of carbonyl (C=O) groups excluding carboxylic acids is 1. The van der Waals surface area contributed by atoms with Gasteiger partial charge in [-0.1, -0.05) is 0 Å². The van der Waals surface area contributed by atoms with E-state index in [1.54, 1.807) is 28.8 Å². The van der Waals surface area contributed by atoms with Gasteiger partial charge in [-0.25, -0.2) is 4.68 Å². The average molecular weight is 385 g/mol. The first-order chi connectivity index (χ1) is 13.4. The van der Waals surface area contributed by atoms with E-state index in [1.807, 2.05) is 26.0 Å². The summed E-state index contributed by atoms with van der Waals surface area (Å²) in [5, 5.41) is 13.5. The predicted octanol–water partition coefficient (Wildman–Crippen LogP) is 2.76. The molecule has 7 nitrogen and oxygen atoms in total. The van der Waals surface area contributed by atoms with Crippen LogP contribution < -0.4 is 0 Å². The molecular formula is C21H27N3O4. The van der Waals surface area contributed by atoms with E-state index >= 15 is 0 Å². The van der Waals surface area contributed by atoms with Crippen LogP contribution in [-0.4, -0.2) is 58.0 Å². The van der Waals surface area contributed by atoms with Gasteiger partial charge < -0.3 is 14.7 Å². The Kier molecular flexibility index (Phi) is 6.14. The van der Waals surface area contributed by atoms with Gasteiger partial charge in [0.2, 0.25) is 0 Å². The number of aromatic nitrogens is 2. The molecule has 0 bridgehead atoms. The molecule has 1 saturated heterocycles. The fourth-order valence-corrected chi connectivity index (χ4v) is 3.66. The first-order valence-electron chi connectivity index (χ1n) is 9.61. The van der Waals surface area contributed by atoms with Crippen molar-refractivity contribution < 1.29 is 19.4 Å². The van der Waals surface area contributed by atoms with Gasteiger partial charge in [-0.2, -0.15) is 5.10 Å². The van der Waals surface area contributed by atoms with Crippen LogP contribution in [0.5, 0.6) is 0 Å². The van der Waals surface area contributed by atoms with E-state index in [0.29, 0.717) is 18.5 Å². The number of aryl methyl sites for hydroxylation is 1. The fraction of sp³-hybridized carbons (Fsp3) is 0.476. The molecule has 1 amide bonds. The first kappa shape index (κ1) is 20.1. The zero-order valence-electron chi connectivity index (χ0n) is 16.6. The number of carbonyl (C=O) groups is 2. The summed E-state index contributed by atoms with van der Waals surface area (Å²) in [4.78, 5) is 25.2. The molecule has 2 heterocycles. The normalized spacial score (nSPS) is 16.3. The highest BCUT2D eigenvalue weighted by molar-refractivity contribution is 5.94. The van der Waals surface area contributed by atoms with Crippen molar-refractivity contribution in [2.75, 3.05) is 20.2 Å². The summed E-state index contributed by atoms with van der Waals surface area (Å²) >= 11 is 0. The van der Waals surface area contributed by atoms with Crippen LogP contribution in [0, 0.1) is 13.8 Å². The van der Waals surface area contributed by atoms with E-state index in [0.717, 1.165) is 42.1 Å². The number of nitrogens with zero attached hydrogens (tertiary/aromatic N) is 3. The Morgan fingerprint density at radius 1 is 1.29 bits per heavy atom. The highest BCUT2D eigenvalue weighted by Gasteiger charge is 2.21. The lowest BCUT2D eigenvalue weighted by Gasteiger charge is -2.21. The highest BCUT2D eigenvalue weighted by Crippen LogP contribution is 2.20. The molecule has 3 rings (SSSR count). The third-order valence-corrected chi connectivity index (χ3v) is 5.24. The lowest BCUT2D eigenvalue weighted by atomic mass is 10.1. The number of ether oxygens (including phenoxy) is 1. The zero-order chi connectivity index (χ0) is 20.3. The minimum Gasteiger partial charge on any atom is -0.481 e. The molecule has 0 unspecified atom stereocenters. The maximum Gasteiger partial charge on any atom is 0.303 e. The molecule has 2 aromatic rings. The van der Waals surface area contributed by atoms with E-state index in [1.165, 1.54) is 0 Å². The Labute approximate surface area is 164 Å². The van der Waals surface area contributed by atoms with Crippen molar-refractivity contribution in [1.82, 2.24) is 14.7 Å². The van der Waals surface area contributed by atoms with Crippen LogP contribution in [0.2, 0.25) is 0 Å². The van der Waals surface area contributed by atoms with Crippen molar-refractivity contribution in [3.05, 3.63) is 46.8 Å². The monoisotopic (exact) mass is 385 g/mol. The minimum absolute atomic E-state index is 0.0300. The van der Waals surface area contributed by atoms with Crippen molar-refractivity contribution in [2.45, 2.75) is 45.6 Å². The second kappa shape index (κ2) is 8.56. The number of aliphatic carboxylic acids is 1. The van der Waals surface area contributed by atoms with E-state index < -0.39 is 5.97 Å². The zero-order valence-corrected chi connectivity index (χ0v) is 16.6. The van der Waals surface area contributed by atoms with E-state index in [-0.39, 0.29) is 18.4 Å². The standard InChI is InChI=1S/C21H27N3O4/c1-14-19(10-11-20(25)26)15(2)24(22-14)17-8-6-16(7-9-17)21(27)23(3)13-18-5-4-12-28-18/h6-9,18H,4-5,10-13H2,1-3H3,(H,25,26)/t18-/m1/s1. The van der Waals surface area contributed by atoms with E-state index in [4.69, 9.17) is 9.84 Å². The van der Waals surface area contributed by atoms with Crippen LogP contribution in [0.15, 0.2) is 24.3 Å². The maximum absolute atomic E-state index is 12.6. The Hall–Kier alpha value is -2.67. The van der Waals surface area contributed by atoms with E-state index in [9.17, 15) is 9.59 Å². The van der Waals surface area contributed by atoms with Gasteiger partial charge in [0, 0.05) is 37.9 Å². The summed E-state index contributed by atoms with van der Waals surface area (Å²) in [5.41, 5.74) is 4.18. The quantitative estimate of drug-likeness (QED) is 0.792. The number of amides is 1. The van der Waals surface area contributed by atoms with Gasteiger partial charge >= 0.3 is 5.97 Å². The molecule has 7 heteroatoms. The minimum atomic E-state index is -0.818. The Bertz CT molecular complexity index is 851. The van der Waals surface area contributed by atoms with Gasteiger partial charge in [-0.3, -0.25) is 9.59 Å². The molecule has 1 N–H and O–H groups in total. The molecule has 28 heavy (non-hydrogen) atoms. The molecule has 1 aromatic carbocycles. The lowest BCUT2D eigenvalue weighted by molar-refractivity contribution is -0.136. The Morgan fingerprint density at radius 3 is 2.61 bits per heavy atom. The van der Waals surface area contributed by atoms with Crippen molar-refractivity contribution in [3.8, 4) is 5.69 Å². The van der Waals surface area contributed by atoms with Crippen molar-refractivity contribution in [2.24, 2.45) is 0 Å². The largest absolute Gasteiger partial charge is 0.481 e. The van der Waals surface area contributed by atoms with E-state index in [2.05, 4.69) is 5.10 Å². The topological polar surface area (TPSA) is 84.7 Å². The van der Waals surface area contributed by atoms with Crippen molar-refractivity contribution in [3.63, 3.8) is 0 Å². The molecule has 1 aliphatic heterocycles. The van der Waals surface area contributed by atoms with Crippen molar-refractivity contribution in [1.29, 1.82) is 0 Å². The lowest BCUT2D eigenvalue weighted by Crippen LogP contribution is -2.34. The van der Waals surface area contributed by atoms with Crippen LogP contribution in [0.1, 0.15) is 46.6 Å². The van der Waals surface area contributed by atoms with Crippen LogP contribution >= 0.6 is 0 Å². The van der Waals surface area contributed by atoms with Crippen molar-refractivity contribution >= 4 is 11.9 Å². The van der Waals surface area contributed by atoms with Gasteiger partial charge in [0.25, 0.3) is 5.91 Å². The molecule has 1 fully saturated rings. The van der Waals surface area contributed by atoms with Crippen LogP contribution in [0.3, 0.4) is 0 Å². The molecular weight excluding hydrogens is 358 g/mol. The second-order valence-corrected chi connectivity index (χ2v) is 7.32. The third-order valence-electron chi connectivity index (χ3n) is 5.24. The summed E-state index contributed by atoms with van der Waals surface area (Å²) in [6, 6.07) is 7.34. The Balaban J connectivity index is 1.72. The molecule has 0 saturated carbocycles. The number of benzene rings is 1. The summed E-state index contributed by atoms with van der Waals surface area (Å²) in [5.74, 6) is -0.848.